The van der Waals surface area contributed by atoms with Gasteiger partial charge in [-0.05, 0) is 44.0 Å². The number of ether oxygens (including phenoxy) is 1. The zero-order chi connectivity index (χ0) is 23.4. The Morgan fingerprint density at radius 1 is 1.03 bits per heavy atom. The fourth-order valence-corrected chi connectivity index (χ4v) is 3.70. The molecular weight excluding hydrogens is 402 g/mol. The number of likely N-dealkylation sites (tertiary alicyclic amines) is 1. The van der Waals surface area contributed by atoms with Gasteiger partial charge in [-0.1, -0.05) is 12.1 Å². The van der Waals surface area contributed by atoms with E-state index in [1.54, 1.807) is 0 Å². The maximum atomic E-state index is 12.6. The van der Waals surface area contributed by atoms with Crippen LogP contribution in [0.3, 0.4) is 0 Å². The third kappa shape index (κ3) is 10.3. The number of hydrogen-bond donors (Lipinski definition) is 3. The summed E-state index contributed by atoms with van der Waals surface area (Å²) in [5.74, 6) is -0.623. The van der Waals surface area contributed by atoms with Crippen molar-refractivity contribution in [2.24, 2.45) is 5.73 Å². The van der Waals surface area contributed by atoms with Gasteiger partial charge in [0.15, 0.2) is 0 Å². The number of benzene rings is 1. The van der Waals surface area contributed by atoms with E-state index < -0.39 is 11.9 Å². The molecule has 2 aliphatic rings. The van der Waals surface area contributed by atoms with Crippen molar-refractivity contribution in [3.63, 3.8) is 0 Å². The molecule has 1 aromatic carbocycles. The highest BCUT2D eigenvalue weighted by Gasteiger charge is 2.35. The van der Waals surface area contributed by atoms with Crippen LogP contribution < -0.4 is 10.5 Å². The number of nitrogens with two attached hydrogens (primary N) is 1. The van der Waals surface area contributed by atoms with E-state index in [1.165, 1.54) is 12.8 Å². The van der Waals surface area contributed by atoms with Gasteiger partial charge in [-0.25, -0.2) is 0 Å². The standard InChI is InChI=1S/C18H27N3O2.2C2H4O2/c1-20-15-4-5-16(20)13-21(10-8-15)18(22)12-14-2-6-17(7-3-14)23-11-9-19;2*1-2(3)4/h2-3,6-7,15-16H,4-5,8-13,19H2,1H3;2*1H3,(H,3,4)/t15-,16+;;/m0../s1. The summed E-state index contributed by atoms with van der Waals surface area (Å²) < 4.78 is 5.47. The van der Waals surface area contributed by atoms with Gasteiger partial charge in [-0.3, -0.25) is 19.3 Å². The van der Waals surface area contributed by atoms with Crippen molar-refractivity contribution < 1.29 is 29.3 Å². The molecule has 2 aliphatic heterocycles. The van der Waals surface area contributed by atoms with Gasteiger partial charge in [0.2, 0.25) is 5.91 Å². The summed E-state index contributed by atoms with van der Waals surface area (Å²) in [5, 5.41) is 14.8. The molecule has 3 rings (SSSR count). The first kappa shape index (κ1) is 26.4. The topological polar surface area (TPSA) is 133 Å². The molecule has 9 nitrogen and oxygen atoms in total. The van der Waals surface area contributed by atoms with Crippen LogP contribution >= 0.6 is 0 Å². The van der Waals surface area contributed by atoms with Gasteiger partial charge >= 0.3 is 0 Å². The third-order valence-corrected chi connectivity index (χ3v) is 5.17. The lowest BCUT2D eigenvalue weighted by Crippen LogP contribution is -2.40. The van der Waals surface area contributed by atoms with E-state index in [9.17, 15) is 4.79 Å². The SMILES string of the molecule is CC(=O)O.CC(=O)O.CN1[C@H]2CC[C@@H]1CN(C(=O)Cc1ccc(OCCN)cc1)CC2. The Bertz CT molecular complexity index is 690. The summed E-state index contributed by atoms with van der Waals surface area (Å²) in [6.45, 7) is 4.96. The van der Waals surface area contributed by atoms with E-state index in [0.717, 1.165) is 44.7 Å². The highest BCUT2D eigenvalue weighted by atomic mass is 16.5. The van der Waals surface area contributed by atoms with Crippen molar-refractivity contribution in [2.45, 2.75) is 51.6 Å². The van der Waals surface area contributed by atoms with E-state index in [1.807, 2.05) is 24.3 Å². The van der Waals surface area contributed by atoms with Gasteiger partial charge in [-0.2, -0.15) is 0 Å². The molecule has 0 unspecified atom stereocenters. The lowest BCUT2D eigenvalue weighted by Gasteiger charge is -2.26. The molecule has 2 saturated heterocycles. The zero-order valence-electron chi connectivity index (χ0n) is 18.6. The van der Waals surface area contributed by atoms with Gasteiger partial charge in [-0.15, -0.1) is 0 Å². The first-order valence-corrected chi connectivity index (χ1v) is 10.4. The number of carbonyl (C=O) groups is 3. The summed E-state index contributed by atoms with van der Waals surface area (Å²) in [6.07, 6.45) is 4.08. The van der Waals surface area contributed by atoms with E-state index in [4.69, 9.17) is 30.3 Å². The van der Waals surface area contributed by atoms with Crippen molar-refractivity contribution in [1.82, 2.24) is 9.80 Å². The number of aliphatic carboxylic acids is 2. The van der Waals surface area contributed by atoms with Gasteiger partial charge in [0, 0.05) is 45.6 Å². The maximum absolute atomic E-state index is 12.6. The van der Waals surface area contributed by atoms with Crippen LogP contribution in [0.15, 0.2) is 24.3 Å². The summed E-state index contributed by atoms with van der Waals surface area (Å²) in [7, 11) is 2.20. The molecule has 2 bridgehead atoms. The van der Waals surface area contributed by atoms with Crippen LogP contribution in [0.25, 0.3) is 0 Å². The van der Waals surface area contributed by atoms with Crippen LogP contribution in [0.4, 0.5) is 0 Å². The first-order chi connectivity index (χ1) is 14.6. The minimum absolute atomic E-state index is 0.238. The van der Waals surface area contributed by atoms with Crippen molar-refractivity contribution in [3.8, 4) is 5.75 Å². The molecule has 0 aromatic heterocycles. The molecule has 9 heteroatoms. The van der Waals surface area contributed by atoms with Crippen LogP contribution in [0.5, 0.6) is 5.75 Å². The minimum Gasteiger partial charge on any atom is -0.492 e. The second kappa shape index (κ2) is 13.6. The predicted molar refractivity (Wildman–Crippen MR) is 117 cm³/mol. The lowest BCUT2D eigenvalue weighted by molar-refractivity contribution is -0.135. The normalized spacial score (nSPS) is 19.8. The molecule has 1 amide bonds. The number of nitrogens with zero attached hydrogens (tertiary/aromatic N) is 2. The second-order valence-corrected chi connectivity index (χ2v) is 7.67. The number of carboxylic acid groups (broad SMARTS) is 2. The zero-order valence-corrected chi connectivity index (χ0v) is 18.6. The van der Waals surface area contributed by atoms with Crippen LogP contribution in [0, 0.1) is 0 Å². The van der Waals surface area contributed by atoms with Gasteiger partial charge < -0.3 is 25.6 Å². The lowest BCUT2D eigenvalue weighted by atomic mass is 10.1. The number of carboxylic acids is 2. The highest BCUT2D eigenvalue weighted by molar-refractivity contribution is 5.79. The van der Waals surface area contributed by atoms with Crippen molar-refractivity contribution in [3.05, 3.63) is 29.8 Å². The quantitative estimate of drug-likeness (QED) is 0.630. The fourth-order valence-electron chi connectivity index (χ4n) is 3.70. The molecule has 2 heterocycles. The first-order valence-electron chi connectivity index (χ1n) is 10.4. The molecule has 2 atom stereocenters. The fraction of sp³-hybridized carbons (Fsp3) is 0.591. The number of carbonyl (C=O) groups excluding carboxylic acids is 1. The average molecular weight is 438 g/mol. The number of amides is 1. The van der Waals surface area contributed by atoms with Gasteiger partial charge in [0.25, 0.3) is 11.9 Å². The van der Waals surface area contributed by atoms with E-state index in [2.05, 4.69) is 16.8 Å². The Balaban J connectivity index is 0.000000519. The molecule has 174 valence electrons. The second-order valence-electron chi connectivity index (χ2n) is 7.67. The molecule has 1 aromatic rings. The molecule has 0 aliphatic carbocycles. The van der Waals surface area contributed by atoms with Crippen LogP contribution in [0.1, 0.15) is 38.7 Å². The Kier molecular flexibility index (Phi) is 11.6. The number of likely N-dealkylation sites (N-methyl/N-ethyl adjacent to an activating group) is 1. The molecule has 4 N–H and O–H groups in total. The molecule has 31 heavy (non-hydrogen) atoms. The summed E-state index contributed by atoms with van der Waals surface area (Å²) in [4.78, 5) is 35.1. The van der Waals surface area contributed by atoms with Crippen LogP contribution in [0.2, 0.25) is 0 Å². The molecule has 0 saturated carbocycles. The summed E-state index contributed by atoms with van der Waals surface area (Å²) in [6, 6.07) is 8.97. The molecule has 2 fully saturated rings. The highest BCUT2D eigenvalue weighted by Crippen LogP contribution is 2.28. The number of hydrogen-bond acceptors (Lipinski definition) is 6. The minimum atomic E-state index is -0.833. The summed E-state index contributed by atoms with van der Waals surface area (Å²) >= 11 is 0. The third-order valence-electron chi connectivity index (χ3n) is 5.17. The number of rotatable bonds is 5. The Morgan fingerprint density at radius 3 is 2.13 bits per heavy atom. The van der Waals surface area contributed by atoms with E-state index in [-0.39, 0.29) is 5.91 Å². The monoisotopic (exact) mass is 437 g/mol. The smallest absolute Gasteiger partial charge is 0.300 e. The molecule has 0 spiro atoms. The Labute approximate surface area is 183 Å². The van der Waals surface area contributed by atoms with Crippen LogP contribution in [-0.2, 0) is 20.8 Å². The average Bonchev–Trinajstić information content (AvgIpc) is 2.92. The van der Waals surface area contributed by atoms with E-state index in [0.29, 0.717) is 31.7 Å². The van der Waals surface area contributed by atoms with Crippen LogP contribution in [-0.4, -0.2) is 83.2 Å². The Morgan fingerprint density at radius 2 is 1.58 bits per heavy atom. The molecule has 0 radical (unpaired) electrons. The summed E-state index contributed by atoms with van der Waals surface area (Å²) in [5.41, 5.74) is 6.46. The van der Waals surface area contributed by atoms with Gasteiger partial charge in [0.05, 0.1) is 6.42 Å². The largest absolute Gasteiger partial charge is 0.492 e. The predicted octanol–water partition coefficient (Wildman–Crippen LogP) is 1.44. The van der Waals surface area contributed by atoms with Crippen molar-refractivity contribution >= 4 is 17.8 Å². The van der Waals surface area contributed by atoms with E-state index >= 15 is 0 Å². The maximum Gasteiger partial charge on any atom is 0.300 e. The molecular formula is C22H35N3O6. The van der Waals surface area contributed by atoms with Crippen molar-refractivity contribution in [2.75, 3.05) is 33.3 Å². The Hall–Kier alpha value is -2.65. The number of fused-ring (bicyclic) bond motifs is 2. The van der Waals surface area contributed by atoms with Gasteiger partial charge in [0.1, 0.15) is 12.4 Å². The van der Waals surface area contributed by atoms with Crippen molar-refractivity contribution in [1.29, 1.82) is 0 Å².